The van der Waals surface area contributed by atoms with Crippen LogP contribution in [0.2, 0.25) is 5.02 Å². The van der Waals surface area contributed by atoms with Crippen LogP contribution in [0.25, 0.3) is 11.1 Å². The Morgan fingerprint density at radius 1 is 1.30 bits per heavy atom. The number of hydrogen-bond acceptors (Lipinski definition) is 3. The van der Waals surface area contributed by atoms with E-state index in [-0.39, 0.29) is 5.92 Å². The molecular weight excluding hydrogens is 400 g/mol. The summed E-state index contributed by atoms with van der Waals surface area (Å²) in [5, 5.41) is 27.4. The lowest BCUT2D eigenvalue weighted by atomic mass is 9.72. The number of benzene rings is 2. The van der Waals surface area contributed by atoms with Crippen molar-refractivity contribution in [2.45, 2.75) is 44.6 Å². The Balaban J connectivity index is 2.04. The second kappa shape index (κ2) is 10.3. The molecular formula is C24H31ClN2O3. The van der Waals surface area contributed by atoms with Gasteiger partial charge in [-0.25, -0.2) is 4.79 Å². The molecule has 0 radical (unpaired) electrons. The van der Waals surface area contributed by atoms with Gasteiger partial charge >= 0.3 is 6.09 Å². The molecule has 0 aromatic heterocycles. The van der Waals surface area contributed by atoms with Crippen molar-refractivity contribution in [3.63, 3.8) is 0 Å². The lowest BCUT2D eigenvalue weighted by molar-refractivity contribution is -0.0415. The number of aryl methyl sites for hydroxylation is 1. The zero-order valence-corrected chi connectivity index (χ0v) is 18.2. The molecule has 0 spiro atoms. The van der Waals surface area contributed by atoms with E-state index in [9.17, 15) is 9.90 Å². The van der Waals surface area contributed by atoms with Crippen molar-refractivity contribution < 1.29 is 15.0 Å². The van der Waals surface area contributed by atoms with Crippen molar-refractivity contribution >= 4 is 17.7 Å². The lowest BCUT2D eigenvalue weighted by Gasteiger charge is -2.40. The highest BCUT2D eigenvalue weighted by Gasteiger charge is 2.40. The maximum absolute atomic E-state index is 12.1. The fraction of sp³-hybridized carbons (Fsp3) is 0.458. The second-order valence-corrected chi connectivity index (χ2v) is 8.43. The quantitative estimate of drug-likeness (QED) is 0.453. The number of rotatable bonds is 8. The second-order valence-electron chi connectivity index (χ2n) is 8.02. The normalized spacial score (nSPS) is 18.6. The number of carbonyl (C=O) groups is 1. The van der Waals surface area contributed by atoms with Gasteiger partial charge in [0.25, 0.3) is 0 Å². The molecule has 1 aliphatic rings. The van der Waals surface area contributed by atoms with Crippen LogP contribution in [0.15, 0.2) is 42.5 Å². The van der Waals surface area contributed by atoms with E-state index in [0.29, 0.717) is 24.4 Å². The standard InChI is InChI=1S/C24H31ClN2O3/c1-2-17-7-3-8-18(15-17)22-20(10-4-11-21(22)25)24(30,12-6-14-27-23(28)29)19-9-5-13-26-16-19/h3-4,7-8,10-11,15,19,26-27,30H,2,5-6,9,12-14,16H2,1H3,(H,28,29)/t19-,24?/m1/s1. The SMILES string of the molecule is CCc1cccc(-c2c(Cl)cccc2C(O)(CCCNC(=O)O)[C@@H]2CCCNC2)c1. The highest BCUT2D eigenvalue weighted by molar-refractivity contribution is 6.33. The van der Waals surface area contributed by atoms with E-state index in [1.54, 1.807) is 0 Å². The number of aliphatic hydroxyl groups is 1. The summed E-state index contributed by atoms with van der Waals surface area (Å²) in [5.74, 6) is 0.0302. The molecule has 1 amide bonds. The maximum Gasteiger partial charge on any atom is 0.404 e. The molecule has 1 saturated heterocycles. The van der Waals surface area contributed by atoms with Crippen LogP contribution in [0.1, 0.15) is 43.7 Å². The Bertz CT molecular complexity index is 867. The van der Waals surface area contributed by atoms with Crippen molar-refractivity contribution in [1.29, 1.82) is 0 Å². The fourth-order valence-electron chi connectivity index (χ4n) is 4.50. The Morgan fingerprint density at radius 2 is 2.10 bits per heavy atom. The maximum atomic E-state index is 12.1. The number of halogens is 1. The minimum atomic E-state index is -1.10. The summed E-state index contributed by atoms with van der Waals surface area (Å²) in [6.07, 6.45) is 2.79. The number of carboxylic acid groups (broad SMARTS) is 1. The summed E-state index contributed by atoms with van der Waals surface area (Å²) in [7, 11) is 0. The van der Waals surface area contributed by atoms with E-state index in [1.165, 1.54) is 5.56 Å². The average molecular weight is 431 g/mol. The van der Waals surface area contributed by atoms with E-state index in [4.69, 9.17) is 16.7 Å². The van der Waals surface area contributed by atoms with Crippen LogP contribution in [0, 0.1) is 5.92 Å². The molecule has 2 aromatic rings. The van der Waals surface area contributed by atoms with E-state index < -0.39 is 11.7 Å². The summed E-state index contributed by atoms with van der Waals surface area (Å²) in [5.41, 5.74) is 2.81. The van der Waals surface area contributed by atoms with Gasteiger partial charge < -0.3 is 20.8 Å². The monoisotopic (exact) mass is 430 g/mol. The first kappa shape index (κ1) is 22.6. The smallest absolute Gasteiger partial charge is 0.404 e. The van der Waals surface area contributed by atoms with Crippen LogP contribution < -0.4 is 10.6 Å². The van der Waals surface area contributed by atoms with Crippen molar-refractivity contribution in [3.05, 3.63) is 58.6 Å². The van der Waals surface area contributed by atoms with Gasteiger partial charge in [0.2, 0.25) is 0 Å². The van der Waals surface area contributed by atoms with Crippen LogP contribution in [-0.4, -0.2) is 35.9 Å². The Morgan fingerprint density at radius 3 is 2.80 bits per heavy atom. The van der Waals surface area contributed by atoms with Crippen LogP contribution in [0.5, 0.6) is 0 Å². The first-order chi connectivity index (χ1) is 14.5. The van der Waals surface area contributed by atoms with E-state index in [2.05, 4.69) is 29.7 Å². The number of amides is 1. The van der Waals surface area contributed by atoms with Gasteiger partial charge in [-0.05, 0) is 61.4 Å². The molecule has 6 heteroatoms. The third-order valence-corrected chi connectivity index (χ3v) is 6.40. The molecule has 1 unspecified atom stereocenters. The first-order valence-electron chi connectivity index (χ1n) is 10.7. The minimum Gasteiger partial charge on any atom is -0.465 e. The molecule has 0 aliphatic carbocycles. The van der Waals surface area contributed by atoms with E-state index in [0.717, 1.165) is 49.0 Å². The summed E-state index contributed by atoms with van der Waals surface area (Å²) in [6, 6.07) is 14.0. The molecule has 30 heavy (non-hydrogen) atoms. The zero-order chi connectivity index (χ0) is 21.6. The summed E-state index contributed by atoms with van der Waals surface area (Å²) < 4.78 is 0. The highest BCUT2D eigenvalue weighted by atomic mass is 35.5. The summed E-state index contributed by atoms with van der Waals surface area (Å²) >= 11 is 6.69. The predicted octanol–water partition coefficient (Wildman–Crippen LogP) is 4.80. The summed E-state index contributed by atoms with van der Waals surface area (Å²) in [6.45, 7) is 4.10. The van der Waals surface area contributed by atoms with Gasteiger partial charge in [0.1, 0.15) is 0 Å². The number of hydrogen-bond donors (Lipinski definition) is 4. The molecule has 1 fully saturated rings. The molecule has 4 N–H and O–H groups in total. The zero-order valence-electron chi connectivity index (χ0n) is 17.5. The lowest BCUT2D eigenvalue weighted by Crippen LogP contribution is -2.45. The third-order valence-electron chi connectivity index (χ3n) is 6.09. The fourth-order valence-corrected chi connectivity index (χ4v) is 4.78. The van der Waals surface area contributed by atoms with Crippen LogP contribution in [0.3, 0.4) is 0 Å². The molecule has 2 atom stereocenters. The van der Waals surface area contributed by atoms with Crippen molar-refractivity contribution in [3.8, 4) is 11.1 Å². The molecule has 2 aromatic carbocycles. The van der Waals surface area contributed by atoms with Gasteiger partial charge in [0.05, 0.1) is 5.60 Å². The average Bonchev–Trinajstić information content (AvgIpc) is 2.77. The van der Waals surface area contributed by atoms with E-state index >= 15 is 0 Å². The topological polar surface area (TPSA) is 81.6 Å². The molecule has 162 valence electrons. The van der Waals surface area contributed by atoms with Gasteiger partial charge in [-0.2, -0.15) is 0 Å². The van der Waals surface area contributed by atoms with Crippen LogP contribution >= 0.6 is 11.6 Å². The predicted molar refractivity (Wildman–Crippen MR) is 121 cm³/mol. The molecule has 3 rings (SSSR count). The number of piperidine rings is 1. The number of nitrogens with one attached hydrogen (secondary N) is 2. The molecule has 1 heterocycles. The molecule has 1 aliphatic heterocycles. The van der Waals surface area contributed by atoms with Crippen LogP contribution in [-0.2, 0) is 12.0 Å². The molecule has 0 bridgehead atoms. The van der Waals surface area contributed by atoms with Crippen molar-refractivity contribution in [2.24, 2.45) is 5.92 Å². The van der Waals surface area contributed by atoms with Crippen molar-refractivity contribution in [2.75, 3.05) is 19.6 Å². The van der Waals surface area contributed by atoms with Gasteiger partial charge in [-0.1, -0.05) is 54.9 Å². The van der Waals surface area contributed by atoms with Crippen molar-refractivity contribution in [1.82, 2.24) is 10.6 Å². The van der Waals surface area contributed by atoms with Gasteiger partial charge in [-0.3, -0.25) is 0 Å². The van der Waals surface area contributed by atoms with E-state index in [1.807, 2.05) is 30.3 Å². The van der Waals surface area contributed by atoms with Gasteiger partial charge in [0.15, 0.2) is 0 Å². The Labute approximate surface area is 183 Å². The first-order valence-corrected chi connectivity index (χ1v) is 11.1. The molecule has 0 saturated carbocycles. The van der Waals surface area contributed by atoms with Gasteiger partial charge in [0, 0.05) is 29.6 Å². The Kier molecular flexibility index (Phi) is 7.75. The third kappa shape index (κ3) is 5.15. The van der Waals surface area contributed by atoms with Gasteiger partial charge in [-0.15, -0.1) is 0 Å². The van der Waals surface area contributed by atoms with Crippen LogP contribution in [0.4, 0.5) is 4.79 Å². The minimum absolute atomic E-state index is 0.0302. The largest absolute Gasteiger partial charge is 0.465 e. The molecule has 5 nitrogen and oxygen atoms in total. The summed E-state index contributed by atoms with van der Waals surface area (Å²) in [4.78, 5) is 10.8. The Hall–Kier alpha value is -2.08. The highest BCUT2D eigenvalue weighted by Crippen LogP contribution is 2.44.